The van der Waals surface area contributed by atoms with E-state index in [9.17, 15) is 9.59 Å². The Kier molecular flexibility index (Phi) is 4.91. The maximum absolute atomic E-state index is 12.3. The molecule has 0 spiro atoms. The minimum atomic E-state index is -0.401. The first-order valence-corrected chi connectivity index (χ1v) is 8.02. The number of ether oxygens (including phenoxy) is 2. The third-order valence-electron chi connectivity index (χ3n) is 4.90. The van der Waals surface area contributed by atoms with Crippen molar-refractivity contribution in [1.29, 1.82) is 0 Å². The van der Waals surface area contributed by atoms with Crippen molar-refractivity contribution in [2.75, 3.05) is 26.3 Å². The molecule has 120 valence electrons. The lowest BCUT2D eigenvalue weighted by Gasteiger charge is -2.58. The summed E-state index contributed by atoms with van der Waals surface area (Å²) in [6.07, 6.45) is 2.32. The lowest BCUT2D eigenvalue weighted by molar-refractivity contribution is -0.197. The van der Waals surface area contributed by atoms with Crippen LogP contribution < -0.4 is 0 Å². The molecule has 1 aliphatic carbocycles. The highest BCUT2D eigenvalue weighted by molar-refractivity contribution is 5.86. The zero-order chi connectivity index (χ0) is 15.6. The van der Waals surface area contributed by atoms with Crippen LogP contribution in [0.25, 0.3) is 0 Å². The minimum absolute atomic E-state index is 0.0773. The van der Waals surface area contributed by atoms with E-state index in [0.29, 0.717) is 13.2 Å². The van der Waals surface area contributed by atoms with Crippen LogP contribution in [0.1, 0.15) is 40.5 Å². The molecule has 21 heavy (non-hydrogen) atoms. The topological polar surface area (TPSA) is 55.8 Å². The lowest BCUT2D eigenvalue weighted by atomic mass is 9.51. The molecule has 5 heteroatoms. The molecule has 2 aliphatic rings. The van der Waals surface area contributed by atoms with Crippen molar-refractivity contribution in [1.82, 2.24) is 4.90 Å². The first-order chi connectivity index (χ1) is 9.95. The van der Waals surface area contributed by atoms with Crippen LogP contribution in [0.4, 0.5) is 0 Å². The van der Waals surface area contributed by atoms with E-state index < -0.39 is 11.8 Å². The van der Waals surface area contributed by atoms with Crippen LogP contribution in [-0.2, 0) is 19.1 Å². The summed E-state index contributed by atoms with van der Waals surface area (Å²) in [4.78, 5) is 27.0. The van der Waals surface area contributed by atoms with E-state index in [2.05, 4.69) is 18.7 Å². The van der Waals surface area contributed by atoms with Gasteiger partial charge in [0.25, 0.3) is 0 Å². The summed E-state index contributed by atoms with van der Waals surface area (Å²) in [7, 11) is 0. The normalized spacial score (nSPS) is 31.5. The molecule has 1 saturated carbocycles. The van der Waals surface area contributed by atoms with Crippen molar-refractivity contribution >= 4 is 11.9 Å². The van der Waals surface area contributed by atoms with E-state index in [0.717, 1.165) is 25.9 Å². The number of carbonyl (C=O) groups is 2. The van der Waals surface area contributed by atoms with Crippen molar-refractivity contribution in [2.24, 2.45) is 17.3 Å². The summed E-state index contributed by atoms with van der Waals surface area (Å²) in [5, 5.41) is 0. The van der Waals surface area contributed by atoms with Gasteiger partial charge in [-0.3, -0.25) is 14.5 Å². The molecule has 0 unspecified atom stereocenters. The van der Waals surface area contributed by atoms with E-state index in [1.807, 2.05) is 0 Å². The first-order valence-electron chi connectivity index (χ1n) is 8.02. The van der Waals surface area contributed by atoms with E-state index in [4.69, 9.17) is 9.47 Å². The lowest BCUT2D eigenvalue weighted by Crippen LogP contribution is -2.69. The van der Waals surface area contributed by atoms with E-state index in [1.165, 1.54) is 0 Å². The summed E-state index contributed by atoms with van der Waals surface area (Å²) >= 11 is 0. The third kappa shape index (κ3) is 2.80. The standard InChI is InChI=1S/C16H27NO4/c1-5-20-14(18)11-12(15(19)21-6-2)16(3,4)13(11)17-9-7-8-10-17/h11-13H,5-10H2,1-4H3/t11-,12-,13+/m1/s1. The van der Waals surface area contributed by atoms with Gasteiger partial charge in [0.1, 0.15) is 0 Å². The fourth-order valence-electron chi connectivity index (χ4n) is 4.08. The predicted octanol–water partition coefficient (Wildman–Crippen LogP) is 1.85. The zero-order valence-electron chi connectivity index (χ0n) is 13.6. The molecule has 0 bridgehead atoms. The highest BCUT2D eigenvalue weighted by Crippen LogP contribution is 2.55. The fraction of sp³-hybridized carbons (Fsp3) is 0.875. The highest BCUT2D eigenvalue weighted by Gasteiger charge is 2.65. The number of hydrogen-bond acceptors (Lipinski definition) is 5. The number of likely N-dealkylation sites (tertiary alicyclic amines) is 1. The van der Waals surface area contributed by atoms with Gasteiger partial charge in [-0.25, -0.2) is 0 Å². The quantitative estimate of drug-likeness (QED) is 0.725. The van der Waals surface area contributed by atoms with Gasteiger partial charge in [0.05, 0.1) is 25.0 Å². The van der Waals surface area contributed by atoms with E-state index in [1.54, 1.807) is 13.8 Å². The molecule has 2 fully saturated rings. The second-order valence-electron chi connectivity index (χ2n) is 6.52. The molecule has 1 aliphatic heterocycles. The molecule has 0 aromatic rings. The van der Waals surface area contributed by atoms with Crippen LogP contribution in [-0.4, -0.2) is 49.2 Å². The van der Waals surface area contributed by atoms with Crippen LogP contribution in [0, 0.1) is 17.3 Å². The van der Waals surface area contributed by atoms with Gasteiger partial charge < -0.3 is 9.47 Å². The Labute approximate surface area is 127 Å². The van der Waals surface area contributed by atoms with Crippen molar-refractivity contribution in [2.45, 2.75) is 46.6 Å². The summed E-state index contributed by atoms with van der Waals surface area (Å²) in [5.41, 5.74) is -0.256. The largest absolute Gasteiger partial charge is 0.466 e. The van der Waals surface area contributed by atoms with Gasteiger partial charge >= 0.3 is 11.9 Å². The average molecular weight is 297 g/mol. The molecular weight excluding hydrogens is 270 g/mol. The predicted molar refractivity (Wildman–Crippen MR) is 78.6 cm³/mol. The highest BCUT2D eigenvalue weighted by atomic mass is 16.5. The summed E-state index contributed by atoms with van der Waals surface area (Å²) in [6, 6.07) is 0.0773. The number of esters is 2. The van der Waals surface area contributed by atoms with Gasteiger partial charge in [-0.1, -0.05) is 13.8 Å². The van der Waals surface area contributed by atoms with Crippen LogP contribution >= 0.6 is 0 Å². The molecular formula is C16H27NO4. The maximum Gasteiger partial charge on any atom is 0.311 e. The summed E-state index contributed by atoms with van der Waals surface area (Å²) < 4.78 is 10.4. The Hall–Kier alpha value is -1.10. The molecule has 0 radical (unpaired) electrons. The van der Waals surface area contributed by atoms with Crippen molar-refractivity contribution in [3.8, 4) is 0 Å². The molecule has 0 amide bonds. The molecule has 1 heterocycles. The molecule has 0 N–H and O–H groups in total. The smallest absolute Gasteiger partial charge is 0.311 e. The maximum atomic E-state index is 12.3. The monoisotopic (exact) mass is 297 g/mol. The molecule has 2 rings (SSSR count). The van der Waals surface area contributed by atoms with Crippen molar-refractivity contribution in [3.05, 3.63) is 0 Å². The Morgan fingerprint density at radius 3 is 2.10 bits per heavy atom. The van der Waals surface area contributed by atoms with E-state index >= 15 is 0 Å². The Morgan fingerprint density at radius 2 is 1.57 bits per heavy atom. The molecule has 0 aromatic carbocycles. The molecule has 3 atom stereocenters. The first kappa shape index (κ1) is 16.3. The molecule has 5 nitrogen and oxygen atoms in total. The molecule has 1 saturated heterocycles. The van der Waals surface area contributed by atoms with Crippen LogP contribution in [0.2, 0.25) is 0 Å². The Morgan fingerprint density at radius 1 is 1.05 bits per heavy atom. The summed E-state index contributed by atoms with van der Waals surface area (Å²) in [5.74, 6) is -1.32. The van der Waals surface area contributed by atoms with Crippen molar-refractivity contribution in [3.63, 3.8) is 0 Å². The Bertz CT molecular complexity index is 401. The van der Waals surface area contributed by atoms with Gasteiger partial charge in [-0.05, 0) is 45.2 Å². The fourth-order valence-corrected chi connectivity index (χ4v) is 4.08. The van der Waals surface area contributed by atoms with Gasteiger partial charge in [-0.2, -0.15) is 0 Å². The van der Waals surface area contributed by atoms with Gasteiger partial charge in [-0.15, -0.1) is 0 Å². The average Bonchev–Trinajstić information content (AvgIpc) is 2.90. The second-order valence-corrected chi connectivity index (χ2v) is 6.52. The number of rotatable bonds is 5. The van der Waals surface area contributed by atoms with Gasteiger partial charge in [0, 0.05) is 6.04 Å². The SMILES string of the molecule is CCOC(=O)[C@H]1[C@H](N2CCCC2)C(C)(C)[C@H]1C(=O)OCC. The minimum Gasteiger partial charge on any atom is -0.466 e. The Balaban J connectivity index is 2.22. The zero-order valence-corrected chi connectivity index (χ0v) is 13.6. The van der Waals surface area contributed by atoms with Gasteiger partial charge in [0.15, 0.2) is 0 Å². The van der Waals surface area contributed by atoms with Crippen LogP contribution in [0.15, 0.2) is 0 Å². The second kappa shape index (κ2) is 6.34. The van der Waals surface area contributed by atoms with Gasteiger partial charge in [0.2, 0.25) is 0 Å². The number of carbonyl (C=O) groups excluding carboxylic acids is 2. The van der Waals surface area contributed by atoms with Crippen molar-refractivity contribution < 1.29 is 19.1 Å². The summed E-state index contributed by atoms with van der Waals surface area (Å²) in [6.45, 7) is 10.4. The number of nitrogens with zero attached hydrogens (tertiary/aromatic N) is 1. The van der Waals surface area contributed by atoms with E-state index in [-0.39, 0.29) is 23.4 Å². The van der Waals surface area contributed by atoms with Crippen LogP contribution in [0.5, 0.6) is 0 Å². The third-order valence-corrected chi connectivity index (χ3v) is 4.90. The molecule has 0 aromatic heterocycles. The number of hydrogen-bond donors (Lipinski definition) is 0. The van der Waals surface area contributed by atoms with Crippen LogP contribution in [0.3, 0.4) is 0 Å².